The van der Waals surface area contributed by atoms with Gasteiger partial charge in [-0.25, -0.2) is 0 Å². The first-order valence-corrected chi connectivity index (χ1v) is 8.90. The van der Waals surface area contributed by atoms with Gasteiger partial charge >= 0.3 is 0 Å². The first-order chi connectivity index (χ1) is 10.1. The van der Waals surface area contributed by atoms with Crippen LogP contribution in [0.1, 0.15) is 64.2 Å². The van der Waals surface area contributed by atoms with Gasteiger partial charge in [0.2, 0.25) is 5.91 Å². The number of nitrogens with zero attached hydrogens (tertiary/aromatic N) is 1. The molecule has 0 aromatic rings. The van der Waals surface area contributed by atoms with Gasteiger partial charge in [0, 0.05) is 30.6 Å². The maximum Gasteiger partial charge on any atom is 0.220 e. The van der Waals surface area contributed by atoms with E-state index in [1.807, 2.05) is 0 Å². The fraction of sp³-hybridized carbons (Fsp3) is 0.941. The minimum absolute atomic E-state index is 0. The van der Waals surface area contributed by atoms with Crippen LogP contribution in [0.2, 0.25) is 0 Å². The first kappa shape index (κ1) is 21.0. The largest absolute Gasteiger partial charge is 0.353 e. The molecule has 23 heavy (non-hydrogen) atoms. The molecular weight excluding hydrogens is 333 g/mol. The Morgan fingerprint density at radius 1 is 1.04 bits per heavy atom. The molecule has 3 rings (SSSR count). The van der Waals surface area contributed by atoms with Crippen LogP contribution in [0.3, 0.4) is 0 Å². The smallest absolute Gasteiger partial charge is 0.220 e. The summed E-state index contributed by atoms with van der Waals surface area (Å²) in [6.45, 7) is 0. The molecule has 1 saturated carbocycles. The number of piperidine rings is 2. The Labute approximate surface area is 153 Å². The standard InChI is InChI=1S/C17H31N3O.2ClH/c1-20-14-6-4-7-15(20)11-13(10-14)19-17(21)9-12-5-2-3-8-16(12)18;;/h12-16H,2-11,18H2,1H3,(H,19,21);2*1H. The van der Waals surface area contributed by atoms with E-state index < -0.39 is 0 Å². The number of nitrogens with one attached hydrogen (secondary N) is 1. The number of amides is 1. The van der Waals surface area contributed by atoms with Gasteiger partial charge in [0.15, 0.2) is 0 Å². The maximum absolute atomic E-state index is 12.3. The van der Waals surface area contributed by atoms with Gasteiger partial charge in [0.05, 0.1) is 0 Å². The van der Waals surface area contributed by atoms with Gasteiger partial charge in [0.1, 0.15) is 0 Å². The minimum atomic E-state index is 0. The van der Waals surface area contributed by atoms with Crippen molar-refractivity contribution in [3.05, 3.63) is 0 Å². The van der Waals surface area contributed by atoms with Gasteiger partial charge in [-0.05, 0) is 51.5 Å². The molecule has 6 heteroatoms. The topological polar surface area (TPSA) is 58.4 Å². The summed E-state index contributed by atoms with van der Waals surface area (Å²) in [5.74, 6) is 0.648. The fourth-order valence-electron chi connectivity index (χ4n) is 4.75. The predicted octanol–water partition coefficient (Wildman–Crippen LogP) is 2.87. The van der Waals surface area contributed by atoms with Crippen LogP contribution >= 0.6 is 24.8 Å². The Bertz CT molecular complexity index is 369. The highest BCUT2D eigenvalue weighted by atomic mass is 35.5. The molecule has 0 aromatic carbocycles. The molecule has 2 saturated heterocycles. The zero-order valence-electron chi connectivity index (χ0n) is 14.2. The summed E-state index contributed by atoms with van der Waals surface area (Å²) < 4.78 is 0. The molecule has 3 N–H and O–H groups in total. The summed E-state index contributed by atoms with van der Waals surface area (Å²) >= 11 is 0. The SMILES string of the molecule is CN1C2CCCC1CC(NC(=O)CC1CCCCC1N)C2.Cl.Cl. The van der Waals surface area contributed by atoms with E-state index in [0.29, 0.717) is 30.5 Å². The lowest BCUT2D eigenvalue weighted by Crippen LogP contribution is -2.55. The van der Waals surface area contributed by atoms with Gasteiger partial charge in [0.25, 0.3) is 0 Å². The highest BCUT2D eigenvalue weighted by Crippen LogP contribution is 2.33. The lowest BCUT2D eigenvalue weighted by atomic mass is 9.81. The van der Waals surface area contributed by atoms with Crippen molar-refractivity contribution < 1.29 is 4.79 Å². The van der Waals surface area contributed by atoms with Gasteiger partial charge < -0.3 is 16.0 Å². The van der Waals surface area contributed by atoms with Crippen molar-refractivity contribution in [1.29, 1.82) is 0 Å². The fourth-order valence-corrected chi connectivity index (χ4v) is 4.75. The Kier molecular flexibility index (Phi) is 8.64. The highest BCUT2D eigenvalue weighted by Gasteiger charge is 2.36. The third-order valence-corrected chi connectivity index (χ3v) is 6.12. The average molecular weight is 366 g/mol. The van der Waals surface area contributed by atoms with Crippen LogP contribution in [0.25, 0.3) is 0 Å². The second-order valence-electron chi connectivity index (χ2n) is 7.55. The number of halogens is 2. The number of carbonyl (C=O) groups is 1. The molecule has 4 unspecified atom stereocenters. The number of rotatable bonds is 3. The second kappa shape index (κ2) is 9.45. The van der Waals surface area contributed by atoms with Crippen molar-refractivity contribution in [2.45, 2.75) is 88.4 Å². The van der Waals surface area contributed by atoms with Crippen molar-refractivity contribution >= 4 is 30.7 Å². The van der Waals surface area contributed by atoms with Crippen LogP contribution in [-0.4, -0.2) is 42.0 Å². The summed E-state index contributed by atoms with van der Waals surface area (Å²) in [5, 5.41) is 3.31. The van der Waals surface area contributed by atoms with Crippen LogP contribution < -0.4 is 11.1 Å². The number of carbonyl (C=O) groups excluding carboxylic acids is 1. The summed E-state index contributed by atoms with van der Waals surface area (Å²) in [4.78, 5) is 14.9. The zero-order valence-corrected chi connectivity index (χ0v) is 15.8. The van der Waals surface area contributed by atoms with Crippen molar-refractivity contribution in [2.24, 2.45) is 11.7 Å². The average Bonchev–Trinajstić information content (AvgIpc) is 2.42. The van der Waals surface area contributed by atoms with Gasteiger partial charge in [-0.2, -0.15) is 0 Å². The summed E-state index contributed by atoms with van der Waals surface area (Å²) in [6, 6.07) is 1.99. The molecule has 0 aromatic heterocycles. The molecule has 2 heterocycles. The van der Waals surface area contributed by atoms with Crippen LogP contribution in [0, 0.1) is 5.92 Å². The lowest BCUT2D eigenvalue weighted by Gasteiger charge is -2.47. The normalized spacial score (nSPS) is 37.2. The quantitative estimate of drug-likeness (QED) is 0.808. The Morgan fingerprint density at radius 2 is 1.65 bits per heavy atom. The Balaban J connectivity index is 0.00000132. The highest BCUT2D eigenvalue weighted by molar-refractivity contribution is 5.85. The molecule has 3 fully saturated rings. The van der Waals surface area contributed by atoms with Gasteiger partial charge in [-0.15, -0.1) is 24.8 Å². The molecule has 0 spiro atoms. The number of hydrogen-bond donors (Lipinski definition) is 2. The summed E-state index contributed by atoms with van der Waals surface area (Å²) in [6.07, 6.45) is 11.6. The van der Waals surface area contributed by atoms with E-state index in [1.165, 1.54) is 32.1 Å². The van der Waals surface area contributed by atoms with E-state index in [4.69, 9.17) is 5.73 Å². The van der Waals surface area contributed by atoms with E-state index in [1.54, 1.807) is 0 Å². The van der Waals surface area contributed by atoms with Crippen LogP contribution in [0.4, 0.5) is 0 Å². The summed E-state index contributed by atoms with van der Waals surface area (Å²) in [5.41, 5.74) is 6.17. The van der Waals surface area contributed by atoms with Crippen LogP contribution in [0.15, 0.2) is 0 Å². The Hall–Kier alpha value is -0.0300. The molecule has 3 aliphatic rings. The molecule has 2 aliphatic heterocycles. The van der Waals surface area contributed by atoms with Crippen molar-refractivity contribution in [2.75, 3.05) is 7.05 Å². The molecule has 1 aliphatic carbocycles. The molecule has 0 radical (unpaired) electrons. The molecule has 2 bridgehead atoms. The Morgan fingerprint density at radius 3 is 2.26 bits per heavy atom. The van der Waals surface area contributed by atoms with Crippen molar-refractivity contribution in [3.8, 4) is 0 Å². The lowest BCUT2D eigenvalue weighted by molar-refractivity contribution is -0.123. The predicted molar refractivity (Wildman–Crippen MR) is 99.4 cm³/mol. The van der Waals surface area contributed by atoms with Gasteiger partial charge in [-0.3, -0.25) is 4.79 Å². The minimum Gasteiger partial charge on any atom is -0.353 e. The molecule has 4 nitrogen and oxygen atoms in total. The van der Waals surface area contributed by atoms with Gasteiger partial charge in [-0.1, -0.05) is 19.3 Å². The molecule has 1 amide bonds. The number of nitrogens with two attached hydrogens (primary N) is 1. The van der Waals surface area contributed by atoms with Crippen molar-refractivity contribution in [1.82, 2.24) is 10.2 Å². The molecule has 136 valence electrons. The van der Waals surface area contributed by atoms with E-state index in [-0.39, 0.29) is 36.8 Å². The van der Waals surface area contributed by atoms with Crippen molar-refractivity contribution in [3.63, 3.8) is 0 Å². The zero-order chi connectivity index (χ0) is 14.8. The third-order valence-electron chi connectivity index (χ3n) is 6.12. The number of fused-ring (bicyclic) bond motifs is 2. The first-order valence-electron chi connectivity index (χ1n) is 8.90. The van der Waals surface area contributed by atoms with Crippen LogP contribution in [-0.2, 0) is 4.79 Å². The summed E-state index contributed by atoms with van der Waals surface area (Å²) in [7, 11) is 2.26. The molecule has 4 atom stereocenters. The number of hydrogen-bond acceptors (Lipinski definition) is 3. The monoisotopic (exact) mass is 365 g/mol. The van der Waals surface area contributed by atoms with E-state index in [9.17, 15) is 4.79 Å². The second-order valence-corrected chi connectivity index (χ2v) is 7.55. The maximum atomic E-state index is 12.3. The van der Waals surface area contributed by atoms with E-state index >= 15 is 0 Å². The van der Waals surface area contributed by atoms with E-state index in [0.717, 1.165) is 25.7 Å². The molecular formula is C17H33Cl2N3O. The third kappa shape index (κ3) is 5.22. The van der Waals surface area contributed by atoms with E-state index in [2.05, 4.69) is 17.3 Å². The van der Waals surface area contributed by atoms with Crippen LogP contribution in [0.5, 0.6) is 0 Å².